The molecular weight excluding hydrogens is 364 g/mol. The molecule has 2 aromatic carbocycles. The topological polar surface area (TPSA) is 89.5 Å². The van der Waals surface area contributed by atoms with Gasteiger partial charge in [-0.05, 0) is 31.2 Å². The van der Waals surface area contributed by atoms with Crippen LogP contribution >= 0.6 is 11.3 Å². The molecule has 1 amide bonds. The third kappa shape index (κ3) is 3.30. The van der Waals surface area contributed by atoms with Crippen molar-refractivity contribution in [3.05, 3.63) is 81.5 Å². The van der Waals surface area contributed by atoms with E-state index >= 15 is 0 Å². The van der Waals surface area contributed by atoms with E-state index in [1.54, 1.807) is 24.3 Å². The predicted octanol–water partition coefficient (Wildman–Crippen LogP) is 4.53. The molecule has 2 heterocycles. The highest BCUT2D eigenvalue weighted by molar-refractivity contribution is 7.15. The van der Waals surface area contributed by atoms with Gasteiger partial charge in [-0.1, -0.05) is 12.1 Å². The van der Waals surface area contributed by atoms with Crippen LogP contribution in [0.5, 0.6) is 0 Å². The first-order chi connectivity index (χ1) is 13.0. The van der Waals surface area contributed by atoms with E-state index in [0.717, 1.165) is 16.2 Å². The zero-order valence-electron chi connectivity index (χ0n) is 14.2. The third-order valence-corrected chi connectivity index (χ3v) is 4.94. The number of nitro groups is 1. The Hall–Kier alpha value is -3.52. The fourth-order valence-electron chi connectivity index (χ4n) is 2.83. The Bertz CT molecular complexity index is 1150. The van der Waals surface area contributed by atoms with E-state index in [1.165, 1.54) is 18.2 Å². The van der Waals surface area contributed by atoms with Crippen molar-refractivity contribution in [3.63, 3.8) is 0 Å². The average molecular weight is 378 g/mol. The van der Waals surface area contributed by atoms with Gasteiger partial charge in [0.1, 0.15) is 0 Å². The molecule has 1 N–H and O–H groups in total. The van der Waals surface area contributed by atoms with Crippen molar-refractivity contribution in [1.29, 1.82) is 0 Å². The molecule has 0 spiro atoms. The maximum absolute atomic E-state index is 12.5. The lowest BCUT2D eigenvalue weighted by Gasteiger charge is -2.07. The fourth-order valence-corrected chi connectivity index (χ4v) is 3.53. The highest BCUT2D eigenvalue weighted by atomic mass is 32.1. The van der Waals surface area contributed by atoms with Crippen LogP contribution in [0.25, 0.3) is 16.2 Å². The van der Waals surface area contributed by atoms with Gasteiger partial charge in [0.15, 0.2) is 4.96 Å². The van der Waals surface area contributed by atoms with Crippen molar-refractivity contribution in [1.82, 2.24) is 9.38 Å². The van der Waals surface area contributed by atoms with E-state index in [9.17, 15) is 14.9 Å². The molecule has 0 atom stereocenters. The first kappa shape index (κ1) is 16.9. The van der Waals surface area contributed by atoms with Gasteiger partial charge in [0, 0.05) is 46.2 Å². The summed E-state index contributed by atoms with van der Waals surface area (Å²) in [4.78, 5) is 28.4. The summed E-state index contributed by atoms with van der Waals surface area (Å²) in [7, 11) is 0. The number of aryl methyl sites for hydroxylation is 1. The zero-order valence-corrected chi connectivity index (χ0v) is 15.1. The van der Waals surface area contributed by atoms with Crippen LogP contribution in [-0.4, -0.2) is 20.2 Å². The summed E-state index contributed by atoms with van der Waals surface area (Å²) in [5.41, 5.74) is 3.15. The predicted molar refractivity (Wildman–Crippen MR) is 104 cm³/mol. The maximum Gasteiger partial charge on any atom is 0.272 e. The molecule has 4 rings (SSSR count). The lowest BCUT2D eigenvalue weighted by Crippen LogP contribution is -2.12. The number of fused-ring (bicyclic) bond motifs is 1. The number of benzene rings is 2. The monoisotopic (exact) mass is 378 g/mol. The van der Waals surface area contributed by atoms with Crippen LogP contribution in [-0.2, 0) is 0 Å². The number of thiazole rings is 1. The van der Waals surface area contributed by atoms with E-state index in [0.29, 0.717) is 16.8 Å². The van der Waals surface area contributed by atoms with Crippen LogP contribution in [0.1, 0.15) is 15.9 Å². The second-order valence-electron chi connectivity index (χ2n) is 6.01. The molecule has 4 aromatic rings. The van der Waals surface area contributed by atoms with Crippen LogP contribution in [0.4, 0.5) is 11.4 Å². The summed E-state index contributed by atoms with van der Waals surface area (Å²) in [5.74, 6) is -0.323. The summed E-state index contributed by atoms with van der Waals surface area (Å²) in [6.07, 6.45) is 3.88. The van der Waals surface area contributed by atoms with Gasteiger partial charge < -0.3 is 5.32 Å². The molecule has 2 aromatic heterocycles. The molecule has 0 saturated carbocycles. The fraction of sp³-hybridized carbons (Fsp3) is 0.0526. The lowest BCUT2D eigenvalue weighted by atomic mass is 10.1. The molecular formula is C19H14N4O3S. The Morgan fingerprint density at radius 3 is 2.85 bits per heavy atom. The van der Waals surface area contributed by atoms with Gasteiger partial charge in [0.2, 0.25) is 0 Å². The smallest absolute Gasteiger partial charge is 0.272 e. The SMILES string of the molecule is Cc1cc(C(=O)Nc2cccc(-c3cn4ccsc4n3)c2)ccc1[N+](=O)[O-]. The normalized spacial score (nSPS) is 10.9. The first-order valence-corrected chi connectivity index (χ1v) is 8.98. The molecule has 134 valence electrons. The van der Waals surface area contributed by atoms with Crippen molar-refractivity contribution >= 4 is 33.6 Å². The Morgan fingerprint density at radius 1 is 1.26 bits per heavy atom. The lowest BCUT2D eigenvalue weighted by molar-refractivity contribution is -0.385. The minimum atomic E-state index is -0.462. The van der Waals surface area contributed by atoms with Crippen LogP contribution in [0.3, 0.4) is 0 Å². The minimum Gasteiger partial charge on any atom is -0.322 e. The largest absolute Gasteiger partial charge is 0.322 e. The number of nitrogens with one attached hydrogen (secondary N) is 1. The summed E-state index contributed by atoms with van der Waals surface area (Å²) in [6, 6.07) is 11.7. The van der Waals surface area contributed by atoms with E-state index in [2.05, 4.69) is 10.3 Å². The number of nitro benzene ring substituents is 1. The Labute approximate surface area is 158 Å². The Morgan fingerprint density at radius 2 is 2.11 bits per heavy atom. The highest BCUT2D eigenvalue weighted by Gasteiger charge is 2.14. The minimum absolute atomic E-state index is 0.00621. The van der Waals surface area contributed by atoms with Crippen LogP contribution in [0, 0.1) is 17.0 Å². The summed E-state index contributed by atoms with van der Waals surface area (Å²) in [5, 5.41) is 15.7. The molecule has 27 heavy (non-hydrogen) atoms. The van der Waals surface area contributed by atoms with Gasteiger partial charge in [-0.15, -0.1) is 11.3 Å². The number of hydrogen-bond donors (Lipinski definition) is 1. The summed E-state index contributed by atoms with van der Waals surface area (Å²) < 4.78 is 1.95. The number of rotatable bonds is 4. The molecule has 7 nitrogen and oxygen atoms in total. The van der Waals surface area contributed by atoms with Crippen molar-refractivity contribution in [3.8, 4) is 11.3 Å². The van der Waals surface area contributed by atoms with Crippen molar-refractivity contribution in [2.45, 2.75) is 6.92 Å². The molecule has 8 heteroatoms. The molecule has 0 bridgehead atoms. The van der Waals surface area contributed by atoms with E-state index in [1.807, 2.05) is 40.4 Å². The summed E-state index contributed by atoms with van der Waals surface area (Å²) in [6.45, 7) is 1.61. The van der Waals surface area contributed by atoms with E-state index in [4.69, 9.17) is 0 Å². The maximum atomic E-state index is 12.5. The van der Waals surface area contributed by atoms with Gasteiger partial charge in [0.25, 0.3) is 11.6 Å². The molecule has 0 unspecified atom stereocenters. The Kier molecular flexibility index (Phi) is 4.17. The first-order valence-electron chi connectivity index (χ1n) is 8.10. The molecule has 0 aliphatic heterocycles. The van der Waals surface area contributed by atoms with Crippen molar-refractivity contribution < 1.29 is 9.72 Å². The molecule has 0 saturated heterocycles. The second-order valence-corrected chi connectivity index (χ2v) is 6.89. The standard InChI is InChI=1S/C19H14N4O3S/c1-12-9-14(5-6-17(12)23(25)26)18(24)20-15-4-2-3-13(10-15)16-11-22-7-8-27-19(22)21-16/h2-11H,1H3,(H,20,24). The average Bonchev–Trinajstić information content (AvgIpc) is 3.23. The molecule has 0 fully saturated rings. The van der Waals surface area contributed by atoms with Crippen molar-refractivity contribution in [2.24, 2.45) is 0 Å². The second kappa shape index (κ2) is 6.65. The van der Waals surface area contributed by atoms with Gasteiger partial charge in [-0.25, -0.2) is 4.98 Å². The number of aromatic nitrogens is 2. The quantitative estimate of drug-likeness (QED) is 0.417. The number of carbonyl (C=O) groups excluding carboxylic acids is 1. The number of nitrogens with zero attached hydrogens (tertiary/aromatic N) is 3. The highest BCUT2D eigenvalue weighted by Crippen LogP contribution is 2.25. The molecule has 0 aliphatic rings. The van der Waals surface area contributed by atoms with Crippen LogP contribution in [0.2, 0.25) is 0 Å². The number of imidazole rings is 1. The molecule has 0 radical (unpaired) electrons. The number of hydrogen-bond acceptors (Lipinski definition) is 5. The third-order valence-electron chi connectivity index (χ3n) is 4.17. The van der Waals surface area contributed by atoms with Gasteiger partial charge in [0.05, 0.1) is 10.6 Å². The van der Waals surface area contributed by atoms with Gasteiger partial charge in [-0.2, -0.15) is 0 Å². The van der Waals surface area contributed by atoms with Crippen LogP contribution in [0.15, 0.2) is 60.2 Å². The van der Waals surface area contributed by atoms with E-state index in [-0.39, 0.29) is 11.6 Å². The number of carbonyl (C=O) groups is 1. The molecule has 0 aliphatic carbocycles. The Balaban J connectivity index is 1.57. The summed E-state index contributed by atoms with van der Waals surface area (Å²) >= 11 is 1.55. The van der Waals surface area contributed by atoms with Gasteiger partial charge in [-0.3, -0.25) is 19.3 Å². The number of amides is 1. The van der Waals surface area contributed by atoms with E-state index < -0.39 is 4.92 Å². The number of anilines is 1. The van der Waals surface area contributed by atoms with Crippen LogP contribution < -0.4 is 5.32 Å². The van der Waals surface area contributed by atoms with Crippen molar-refractivity contribution in [2.75, 3.05) is 5.32 Å². The zero-order chi connectivity index (χ0) is 19.0. The van der Waals surface area contributed by atoms with Gasteiger partial charge >= 0.3 is 0 Å².